The van der Waals surface area contributed by atoms with E-state index in [-0.39, 0.29) is 16.9 Å². The first-order valence-corrected chi connectivity index (χ1v) is 15.6. The predicted molar refractivity (Wildman–Crippen MR) is 156 cm³/mol. The number of allylic oxidation sites excluding steroid dienone is 1. The topological polar surface area (TPSA) is 60.8 Å². The maximum absolute atomic E-state index is 12.5. The second-order valence-corrected chi connectivity index (χ2v) is 13.1. The van der Waals surface area contributed by atoms with Crippen LogP contribution in [0.15, 0.2) is 30.9 Å². The van der Waals surface area contributed by atoms with E-state index >= 15 is 0 Å². The van der Waals surface area contributed by atoms with E-state index in [0.717, 1.165) is 70.8 Å². The van der Waals surface area contributed by atoms with Gasteiger partial charge in [-0.25, -0.2) is 0 Å². The summed E-state index contributed by atoms with van der Waals surface area (Å²) in [4.78, 5) is 14.4. The van der Waals surface area contributed by atoms with Crippen molar-refractivity contribution in [2.75, 3.05) is 13.6 Å². The number of aromatic hydroxyl groups is 1. The minimum atomic E-state index is -0.226. The average molecular weight is 524 g/mol. The number of hydrogen-bond donors (Lipinski definition) is 2. The number of aliphatic hydroxyl groups is 1. The number of aryl methyl sites for hydroxylation is 1. The third-order valence-electron chi connectivity index (χ3n) is 10.8. The molecule has 0 aromatic heterocycles. The molecule has 4 nitrogen and oxygen atoms in total. The maximum atomic E-state index is 12.5. The molecule has 4 heteroatoms. The quantitative estimate of drug-likeness (QED) is 0.205. The van der Waals surface area contributed by atoms with E-state index in [1.807, 2.05) is 24.1 Å². The molecule has 212 valence electrons. The van der Waals surface area contributed by atoms with Crippen molar-refractivity contribution in [1.82, 2.24) is 4.90 Å². The highest BCUT2D eigenvalue weighted by Crippen LogP contribution is 2.69. The highest BCUT2D eigenvalue weighted by atomic mass is 16.3. The number of phenolic OH excluding ortho intramolecular Hbond substituents is 1. The molecule has 2 fully saturated rings. The van der Waals surface area contributed by atoms with Crippen molar-refractivity contribution in [3.8, 4) is 5.75 Å². The Balaban J connectivity index is 1.38. The summed E-state index contributed by atoms with van der Waals surface area (Å²) in [6, 6.07) is 6.02. The van der Waals surface area contributed by atoms with Crippen LogP contribution in [0.1, 0.15) is 121 Å². The Morgan fingerprint density at radius 2 is 1.89 bits per heavy atom. The van der Waals surface area contributed by atoms with Crippen LogP contribution in [0.2, 0.25) is 0 Å². The fraction of sp³-hybridized carbons (Fsp3) is 0.735. The van der Waals surface area contributed by atoms with Crippen LogP contribution >= 0.6 is 0 Å². The molecule has 1 unspecified atom stereocenters. The summed E-state index contributed by atoms with van der Waals surface area (Å²) in [6.07, 6.45) is 18.2. The van der Waals surface area contributed by atoms with E-state index < -0.39 is 0 Å². The lowest BCUT2D eigenvalue weighted by molar-refractivity contribution is -0.130. The Morgan fingerprint density at radius 3 is 2.66 bits per heavy atom. The molecular formula is C34H53NO3. The number of amides is 1. The summed E-state index contributed by atoms with van der Waals surface area (Å²) >= 11 is 0. The van der Waals surface area contributed by atoms with Gasteiger partial charge in [-0.1, -0.05) is 64.5 Å². The number of carbonyl (C=O) groups excluding carboxylic acids is 1. The first kappa shape index (κ1) is 29.2. The number of hydrogen-bond acceptors (Lipinski definition) is 3. The highest BCUT2D eigenvalue weighted by Gasteiger charge is 2.63. The summed E-state index contributed by atoms with van der Waals surface area (Å²) in [5, 5.41) is 21.3. The lowest BCUT2D eigenvalue weighted by Gasteiger charge is -2.60. The monoisotopic (exact) mass is 523 g/mol. The summed E-state index contributed by atoms with van der Waals surface area (Å²) < 4.78 is 0. The van der Waals surface area contributed by atoms with E-state index in [1.165, 1.54) is 36.8 Å². The number of benzene rings is 1. The molecule has 1 aromatic carbocycles. The van der Waals surface area contributed by atoms with Gasteiger partial charge < -0.3 is 15.1 Å². The molecule has 6 atom stereocenters. The standard InChI is InChI=1S/C34H53NO3/c1-5-7-8-9-12-15-31(38)35(4)22-13-10-11-14-26-24-33(3)29(18-19-30(33)37)34(6-2)21-20-25-23-27(36)16-17-28(25)32(26)34/h6,16-17,23,26,29-30,32,36-37H,2,5,7-15,18-22,24H2,1,3-4H3/t26-,29+,30-,32+,33-,34?/m0/s1. The molecule has 1 aromatic rings. The largest absolute Gasteiger partial charge is 0.508 e. The molecular weight excluding hydrogens is 470 g/mol. The van der Waals surface area contributed by atoms with Crippen LogP contribution in [0.5, 0.6) is 5.75 Å². The second kappa shape index (κ2) is 12.6. The van der Waals surface area contributed by atoms with Crippen LogP contribution in [0.3, 0.4) is 0 Å². The van der Waals surface area contributed by atoms with Crippen molar-refractivity contribution in [3.63, 3.8) is 0 Å². The molecule has 2 N–H and O–H groups in total. The van der Waals surface area contributed by atoms with Gasteiger partial charge in [0.15, 0.2) is 0 Å². The fourth-order valence-electron chi connectivity index (χ4n) is 8.82. The maximum Gasteiger partial charge on any atom is 0.222 e. The summed E-state index contributed by atoms with van der Waals surface area (Å²) in [7, 11) is 1.96. The van der Waals surface area contributed by atoms with Crippen molar-refractivity contribution in [2.45, 2.75) is 122 Å². The Labute approximate surface area is 231 Å². The van der Waals surface area contributed by atoms with E-state index in [0.29, 0.717) is 35.8 Å². The zero-order valence-electron chi connectivity index (χ0n) is 24.4. The van der Waals surface area contributed by atoms with Gasteiger partial charge in [-0.05, 0) is 103 Å². The molecule has 38 heavy (non-hydrogen) atoms. The van der Waals surface area contributed by atoms with Crippen LogP contribution in [0.25, 0.3) is 0 Å². The lowest BCUT2D eigenvalue weighted by Crippen LogP contribution is -2.54. The second-order valence-electron chi connectivity index (χ2n) is 13.1. The van der Waals surface area contributed by atoms with Gasteiger partial charge in [0.2, 0.25) is 5.91 Å². The smallest absolute Gasteiger partial charge is 0.222 e. The van der Waals surface area contributed by atoms with Gasteiger partial charge in [-0.2, -0.15) is 0 Å². The first-order valence-electron chi connectivity index (χ1n) is 15.6. The highest BCUT2D eigenvalue weighted by molar-refractivity contribution is 5.75. The van der Waals surface area contributed by atoms with Crippen molar-refractivity contribution in [1.29, 1.82) is 0 Å². The summed E-state index contributed by atoms with van der Waals surface area (Å²) in [6.45, 7) is 9.83. The number of aliphatic hydroxyl groups excluding tert-OH is 1. The van der Waals surface area contributed by atoms with Crippen LogP contribution in [-0.4, -0.2) is 40.7 Å². The zero-order valence-corrected chi connectivity index (χ0v) is 24.4. The molecule has 1 amide bonds. The van der Waals surface area contributed by atoms with E-state index in [9.17, 15) is 15.0 Å². The number of unbranched alkanes of at least 4 members (excludes halogenated alkanes) is 6. The SMILES string of the molecule is C=CC12CCc3cc(O)ccc3[C@H]1[C@@H](CCCCCN(C)C(=O)CCCCCCC)C[C@]1(C)[C@@H](O)CC[C@@H]21. The van der Waals surface area contributed by atoms with Gasteiger partial charge in [0.25, 0.3) is 0 Å². The molecule has 0 aliphatic heterocycles. The molecule has 0 bridgehead atoms. The van der Waals surface area contributed by atoms with Crippen molar-refractivity contribution in [3.05, 3.63) is 42.0 Å². The Morgan fingerprint density at radius 1 is 1.13 bits per heavy atom. The van der Waals surface area contributed by atoms with Gasteiger partial charge in [0, 0.05) is 20.0 Å². The number of fused-ring (bicyclic) bond motifs is 5. The summed E-state index contributed by atoms with van der Waals surface area (Å²) in [5.74, 6) is 2.02. The third kappa shape index (κ3) is 5.71. The number of nitrogens with zero attached hydrogens (tertiary/aromatic N) is 1. The molecule has 0 saturated heterocycles. The van der Waals surface area contributed by atoms with E-state index in [1.54, 1.807) is 0 Å². The van der Waals surface area contributed by atoms with Gasteiger partial charge in [0.1, 0.15) is 5.75 Å². The Kier molecular flexibility index (Phi) is 9.66. The third-order valence-corrected chi connectivity index (χ3v) is 10.8. The normalized spacial score (nSPS) is 31.8. The van der Waals surface area contributed by atoms with Gasteiger partial charge >= 0.3 is 0 Å². The minimum absolute atomic E-state index is 0.0168. The molecule has 0 radical (unpaired) electrons. The molecule has 3 aliphatic rings. The molecule has 0 spiro atoms. The predicted octanol–water partition coefficient (Wildman–Crippen LogP) is 7.77. The minimum Gasteiger partial charge on any atom is -0.508 e. The fourth-order valence-corrected chi connectivity index (χ4v) is 8.82. The van der Waals surface area contributed by atoms with E-state index in [2.05, 4.69) is 32.6 Å². The van der Waals surface area contributed by atoms with Gasteiger partial charge in [-0.3, -0.25) is 4.79 Å². The Bertz CT molecular complexity index is 959. The van der Waals surface area contributed by atoms with Crippen LogP contribution in [0.4, 0.5) is 0 Å². The van der Waals surface area contributed by atoms with Crippen LogP contribution < -0.4 is 0 Å². The Hall–Kier alpha value is -1.81. The average Bonchev–Trinajstić information content (AvgIpc) is 3.21. The van der Waals surface area contributed by atoms with Crippen molar-refractivity contribution < 1.29 is 15.0 Å². The first-order chi connectivity index (χ1) is 18.3. The van der Waals surface area contributed by atoms with Crippen LogP contribution in [0, 0.1) is 22.7 Å². The van der Waals surface area contributed by atoms with Gasteiger partial charge in [0.05, 0.1) is 6.10 Å². The number of rotatable bonds is 13. The van der Waals surface area contributed by atoms with E-state index in [4.69, 9.17) is 0 Å². The van der Waals surface area contributed by atoms with Crippen molar-refractivity contribution in [2.24, 2.45) is 22.7 Å². The molecule has 4 rings (SSSR count). The zero-order chi connectivity index (χ0) is 27.3. The number of carbonyl (C=O) groups is 1. The van der Waals surface area contributed by atoms with Crippen molar-refractivity contribution >= 4 is 5.91 Å². The van der Waals surface area contributed by atoms with Gasteiger partial charge in [-0.15, -0.1) is 6.58 Å². The summed E-state index contributed by atoms with van der Waals surface area (Å²) in [5.41, 5.74) is 2.68. The lowest BCUT2D eigenvalue weighted by atomic mass is 9.44. The molecule has 3 aliphatic carbocycles. The van der Waals surface area contributed by atoms with Crippen LogP contribution in [-0.2, 0) is 11.2 Å². The molecule has 2 saturated carbocycles. The number of phenols is 1. The molecule has 0 heterocycles.